The van der Waals surface area contributed by atoms with Crippen molar-refractivity contribution in [3.8, 4) is 5.00 Å². The third-order valence-corrected chi connectivity index (χ3v) is 10.0. The number of fused-ring (bicyclic) bond motifs is 5. The second-order valence-corrected chi connectivity index (χ2v) is 12.0. The Morgan fingerprint density at radius 2 is 1.89 bits per heavy atom. The molecule has 6 nitrogen and oxygen atoms in total. The van der Waals surface area contributed by atoms with Crippen molar-refractivity contribution in [1.82, 2.24) is 19.7 Å². The molecule has 0 N–H and O–H groups in total. The number of carbonyl (C=O) groups excluding carboxylic acids is 1. The van der Waals surface area contributed by atoms with Gasteiger partial charge in [-0.1, -0.05) is 59.1 Å². The van der Waals surface area contributed by atoms with Crippen LogP contribution in [-0.4, -0.2) is 43.6 Å². The van der Waals surface area contributed by atoms with E-state index in [1.165, 1.54) is 17.3 Å². The van der Waals surface area contributed by atoms with E-state index in [0.717, 1.165) is 49.7 Å². The van der Waals surface area contributed by atoms with Crippen molar-refractivity contribution in [3.63, 3.8) is 0 Å². The van der Waals surface area contributed by atoms with Crippen molar-refractivity contribution in [3.05, 3.63) is 90.7 Å². The third kappa shape index (κ3) is 4.49. The van der Waals surface area contributed by atoms with Crippen LogP contribution < -0.4 is 0 Å². The molecular formula is C26H20Cl3N5OS2. The number of halogens is 3. The first-order chi connectivity index (χ1) is 17.9. The summed E-state index contributed by atoms with van der Waals surface area (Å²) in [5.74, 6) is 1.97. The Bertz CT molecular complexity index is 1580. The van der Waals surface area contributed by atoms with Gasteiger partial charge in [0.05, 0.1) is 28.1 Å². The number of hydrogen-bond donors (Lipinski definition) is 0. The fraction of sp³-hybridized carbons (Fsp3) is 0.231. The number of nitrogens with zero attached hydrogens (tertiary/aromatic N) is 5. The molecule has 0 saturated heterocycles. The molecule has 2 aromatic heterocycles. The molecule has 2 aromatic carbocycles. The largest absolute Gasteiger partial charge is 0.336 e. The second-order valence-electron chi connectivity index (χ2n) is 8.73. The number of thiophene rings is 1. The predicted octanol–water partition coefficient (Wildman–Crippen LogP) is 6.63. The van der Waals surface area contributed by atoms with Crippen molar-refractivity contribution in [2.75, 3.05) is 12.3 Å². The van der Waals surface area contributed by atoms with Crippen molar-refractivity contribution < 1.29 is 4.79 Å². The normalized spacial score (nSPS) is 14.5. The number of aryl methyl sites for hydroxylation is 1. The molecule has 4 heterocycles. The number of aromatic nitrogens is 3. The number of amides is 1. The molecule has 11 heteroatoms. The van der Waals surface area contributed by atoms with Crippen LogP contribution in [0.15, 0.2) is 52.4 Å². The fourth-order valence-electron chi connectivity index (χ4n) is 4.70. The summed E-state index contributed by atoms with van der Waals surface area (Å²) < 4.78 is 2.09. The molecule has 1 amide bonds. The van der Waals surface area contributed by atoms with Crippen LogP contribution in [-0.2, 0) is 24.3 Å². The first-order valence-electron chi connectivity index (χ1n) is 11.6. The highest BCUT2D eigenvalue weighted by atomic mass is 35.5. The van der Waals surface area contributed by atoms with Gasteiger partial charge in [0.2, 0.25) is 5.91 Å². The van der Waals surface area contributed by atoms with E-state index >= 15 is 0 Å². The van der Waals surface area contributed by atoms with E-state index in [4.69, 9.17) is 39.8 Å². The number of aliphatic imine (C=N–C) groups is 1. The van der Waals surface area contributed by atoms with E-state index in [9.17, 15) is 4.79 Å². The van der Waals surface area contributed by atoms with Crippen LogP contribution in [0, 0.1) is 6.92 Å². The molecule has 0 spiro atoms. The quantitative estimate of drug-likeness (QED) is 0.251. The van der Waals surface area contributed by atoms with Crippen molar-refractivity contribution in [1.29, 1.82) is 0 Å². The Morgan fingerprint density at radius 1 is 1.08 bits per heavy atom. The number of carbonyl (C=O) groups is 1. The van der Waals surface area contributed by atoms with E-state index < -0.39 is 0 Å². The maximum Gasteiger partial charge on any atom is 0.233 e. The van der Waals surface area contributed by atoms with Crippen molar-refractivity contribution in [2.45, 2.75) is 31.3 Å². The maximum atomic E-state index is 13.2. The minimum Gasteiger partial charge on any atom is -0.336 e. The smallest absolute Gasteiger partial charge is 0.233 e. The van der Waals surface area contributed by atoms with Gasteiger partial charge in [-0.2, -0.15) is 0 Å². The van der Waals surface area contributed by atoms with Gasteiger partial charge in [0, 0.05) is 32.5 Å². The highest BCUT2D eigenvalue weighted by molar-refractivity contribution is 8.00. The van der Waals surface area contributed by atoms with Gasteiger partial charge in [0.15, 0.2) is 5.82 Å². The van der Waals surface area contributed by atoms with E-state index in [1.54, 1.807) is 17.4 Å². The first kappa shape index (κ1) is 24.9. The molecule has 0 radical (unpaired) electrons. The predicted molar refractivity (Wildman–Crippen MR) is 151 cm³/mol. The maximum absolute atomic E-state index is 13.2. The van der Waals surface area contributed by atoms with Crippen LogP contribution in [0.2, 0.25) is 15.1 Å². The first-order valence-corrected chi connectivity index (χ1v) is 14.6. The second kappa shape index (κ2) is 10.1. The summed E-state index contributed by atoms with van der Waals surface area (Å²) in [6, 6.07) is 13.2. The van der Waals surface area contributed by atoms with Crippen LogP contribution in [0.5, 0.6) is 0 Å². The van der Waals surface area contributed by atoms with Crippen LogP contribution in [0.25, 0.3) is 5.00 Å². The molecule has 2 aliphatic rings. The molecule has 188 valence electrons. The molecule has 37 heavy (non-hydrogen) atoms. The summed E-state index contributed by atoms with van der Waals surface area (Å²) >= 11 is 22.2. The number of thioether (sulfide) groups is 1. The van der Waals surface area contributed by atoms with Gasteiger partial charge in [-0.25, -0.2) is 0 Å². The Morgan fingerprint density at radius 3 is 2.73 bits per heavy atom. The van der Waals surface area contributed by atoms with Gasteiger partial charge in [-0.05, 0) is 37.1 Å². The average Bonchev–Trinajstić information content (AvgIpc) is 3.40. The van der Waals surface area contributed by atoms with Crippen molar-refractivity contribution >= 4 is 69.5 Å². The third-order valence-electron chi connectivity index (χ3n) is 6.50. The lowest BCUT2D eigenvalue weighted by molar-refractivity contribution is -0.129. The van der Waals surface area contributed by atoms with Crippen LogP contribution in [0.4, 0.5) is 0 Å². The summed E-state index contributed by atoms with van der Waals surface area (Å²) in [5, 5.41) is 11.3. The minimum atomic E-state index is 0.0662. The van der Waals surface area contributed by atoms with Gasteiger partial charge in [-0.15, -0.1) is 33.3 Å². The van der Waals surface area contributed by atoms with E-state index in [1.807, 2.05) is 48.2 Å². The van der Waals surface area contributed by atoms with Gasteiger partial charge in [0.25, 0.3) is 0 Å². The molecule has 0 atom stereocenters. The average molecular weight is 589 g/mol. The molecular weight excluding hydrogens is 569 g/mol. The van der Waals surface area contributed by atoms with Gasteiger partial charge < -0.3 is 4.90 Å². The Kier molecular flexibility index (Phi) is 6.79. The van der Waals surface area contributed by atoms with Gasteiger partial charge in [-0.3, -0.25) is 14.4 Å². The van der Waals surface area contributed by atoms with E-state index in [2.05, 4.69) is 14.8 Å². The molecule has 0 fully saturated rings. The molecule has 0 saturated carbocycles. The lowest BCUT2D eigenvalue weighted by Crippen LogP contribution is -2.36. The fourth-order valence-corrected chi connectivity index (χ4v) is 7.75. The molecule has 6 rings (SSSR count). The molecule has 0 aliphatic carbocycles. The molecule has 0 bridgehead atoms. The SMILES string of the molecule is Cc1nnc2n1-c1sc3c(c1C(c1ccccc1Cl)=NC2)CCN(C(=O)CSc1cccc(Cl)c1Cl)C3. The highest BCUT2D eigenvalue weighted by Gasteiger charge is 2.33. The lowest BCUT2D eigenvalue weighted by atomic mass is 9.95. The number of benzene rings is 2. The van der Waals surface area contributed by atoms with Gasteiger partial charge in [0.1, 0.15) is 17.4 Å². The monoisotopic (exact) mass is 587 g/mol. The summed E-state index contributed by atoms with van der Waals surface area (Å²) in [7, 11) is 0. The topological polar surface area (TPSA) is 63.4 Å². The number of rotatable bonds is 4. The zero-order chi connectivity index (χ0) is 25.7. The summed E-state index contributed by atoms with van der Waals surface area (Å²) in [6.45, 7) is 3.55. The van der Waals surface area contributed by atoms with E-state index in [0.29, 0.717) is 40.5 Å². The zero-order valence-electron chi connectivity index (χ0n) is 19.7. The summed E-state index contributed by atoms with van der Waals surface area (Å²) in [6.07, 6.45) is 0.732. The molecule has 2 aliphatic heterocycles. The standard InChI is InChI=1S/C26H20Cl3N5OS2/c1-14-31-32-21-11-30-25(15-5-2-3-6-17(15)27)23-16-9-10-33(12-20(16)37-26(23)34(14)21)22(35)13-36-19-8-4-7-18(28)24(19)29/h2-8H,9-13H2,1H3. The number of hydrogen-bond acceptors (Lipinski definition) is 6. The minimum absolute atomic E-state index is 0.0662. The molecule has 0 unspecified atom stereocenters. The van der Waals surface area contributed by atoms with Gasteiger partial charge >= 0.3 is 0 Å². The lowest BCUT2D eigenvalue weighted by Gasteiger charge is -2.27. The van der Waals surface area contributed by atoms with Crippen LogP contribution in [0.1, 0.15) is 33.2 Å². The summed E-state index contributed by atoms with van der Waals surface area (Å²) in [4.78, 5) is 22.0. The van der Waals surface area contributed by atoms with Crippen LogP contribution >= 0.6 is 57.9 Å². The highest BCUT2D eigenvalue weighted by Crippen LogP contribution is 2.41. The van der Waals surface area contributed by atoms with E-state index in [-0.39, 0.29) is 5.91 Å². The molecule has 4 aromatic rings. The Labute approximate surface area is 237 Å². The Hall–Kier alpha value is -2.36. The zero-order valence-corrected chi connectivity index (χ0v) is 23.6. The van der Waals surface area contributed by atoms with Crippen molar-refractivity contribution in [2.24, 2.45) is 4.99 Å². The Balaban J connectivity index is 1.33. The summed E-state index contributed by atoms with van der Waals surface area (Å²) in [5.41, 5.74) is 4.06. The van der Waals surface area contributed by atoms with Crippen LogP contribution in [0.3, 0.4) is 0 Å².